The number of carbonyl (C=O) groups is 1. The molecule has 1 unspecified atom stereocenters. The Labute approximate surface area is 130 Å². The van der Waals surface area contributed by atoms with Gasteiger partial charge in [-0.05, 0) is 47.0 Å². The highest BCUT2D eigenvalue weighted by molar-refractivity contribution is 7.08. The molecule has 1 atom stereocenters. The van der Waals surface area contributed by atoms with Crippen LogP contribution in [0.5, 0.6) is 0 Å². The number of thiophene rings is 1. The Bertz CT molecular complexity index is 625. The zero-order valence-electron chi connectivity index (χ0n) is 11.9. The van der Waals surface area contributed by atoms with Crippen molar-refractivity contribution in [3.8, 4) is 0 Å². The lowest BCUT2D eigenvalue weighted by Gasteiger charge is -2.22. The Hall–Kier alpha value is -1.99. The van der Waals surface area contributed by atoms with Crippen molar-refractivity contribution >= 4 is 17.4 Å². The van der Waals surface area contributed by atoms with Crippen LogP contribution >= 0.6 is 11.3 Å². The highest BCUT2D eigenvalue weighted by Gasteiger charge is 2.24. The van der Waals surface area contributed by atoms with Crippen LogP contribution in [0.4, 0.5) is 13.6 Å². The molecule has 0 aliphatic heterocycles. The minimum atomic E-state index is -1.18. The summed E-state index contributed by atoms with van der Waals surface area (Å²) in [7, 11) is 0. The second-order valence-corrected chi connectivity index (χ2v) is 5.88. The highest BCUT2D eigenvalue weighted by Crippen LogP contribution is 2.21. The first-order valence-corrected chi connectivity index (χ1v) is 7.53. The van der Waals surface area contributed by atoms with Crippen molar-refractivity contribution in [2.75, 3.05) is 6.54 Å². The predicted molar refractivity (Wildman–Crippen MR) is 80.5 cm³/mol. The molecule has 4 nitrogen and oxygen atoms in total. The lowest BCUT2D eigenvalue weighted by molar-refractivity contribution is 0.0598. The Morgan fingerprint density at radius 2 is 1.95 bits per heavy atom. The number of aliphatic hydroxyl groups is 1. The minimum Gasteiger partial charge on any atom is -0.384 e. The zero-order valence-corrected chi connectivity index (χ0v) is 12.7. The standard InChI is InChI=1S/C15H16F2N2O2S/c1-15(21,11-2-3-22-8-11)9-19-14(20)18-7-10-4-12(16)6-13(17)5-10/h2-6,8,21H,7,9H2,1H3,(H2,18,19,20). The number of benzene rings is 1. The quantitative estimate of drug-likeness (QED) is 0.791. The zero-order chi connectivity index (χ0) is 16.2. The molecule has 118 valence electrons. The summed E-state index contributed by atoms with van der Waals surface area (Å²) in [6, 6.07) is 4.30. The van der Waals surface area contributed by atoms with Gasteiger partial charge in [0.2, 0.25) is 0 Å². The summed E-state index contributed by atoms with van der Waals surface area (Å²) in [6.45, 7) is 1.60. The van der Waals surface area contributed by atoms with E-state index in [9.17, 15) is 18.7 Å². The number of rotatable bonds is 5. The van der Waals surface area contributed by atoms with Crippen molar-refractivity contribution in [3.05, 3.63) is 57.8 Å². The lowest BCUT2D eigenvalue weighted by atomic mass is 9.99. The number of hydrogen-bond donors (Lipinski definition) is 3. The molecule has 0 aliphatic rings. The number of carbonyl (C=O) groups excluding carboxylic acids is 1. The van der Waals surface area contributed by atoms with Gasteiger partial charge >= 0.3 is 6.03 Å². The molecule has 1 aromatic heterocycles. The molecule has 0 fully saturated rings. The van der Waals surface area contributed by atoms with Crippen LogP contribution in [0.1, 0.15) is 18.1 Å². The maximum atomic E-state index is 13.0. The van der Waals surface area contributed by atoms with Crippen molar-refractivity contribution < 1.29 is 18.7 Å². The first kappa shape index (κ1) is 16.4. The van der Waals surface area contributed by atoms with Crippen molar-refractivity contribution in [2.24, 2.45) is 0 Å². The van der Waals surface area contributed by atoms with Gasteiger partial charge in [-0.15, -0.1) is 0 Å². The fraction of sp³-hybridized carbons (Fsp3) is 0.267. The monoisotopic (exact) mass is 326 g/mol. The van der Waals surface area contributed by atoms with Crippen LogP contribution in [0.3, 0.4) is 0 Å². The SMILES string of the molecule is CC(O)(CNC(=O)NCc1cc(F)cc(F)c1)c1ccsc1. The van der Waals surface area contributed by atoms with Crippen LogP contribution < -0.4 is 10.6 Å². The molecule has 2 amide bonds. The number of halogens is 2. The fourth-order valence-electron chi connectivity index (χ4n) is 1.88. The summed E-state index contributed by atoms with van der Waals surface area (Å²) >= 11 is 1.45. The number of nitrogens with one attached hydrogen (secondary N) is 2. The first-order valence-electron chi connectivity index (χ1n) is 6.58. The van der Waals surface area contributed by atoms with Crippen LogP contribution in [-0.2, 0) is 12.1 Å². The van der Waals surface area contributed by atoms with E-state index < -0.39 is 23.3 Å². The molecule has 0 aliphatic carbocycles. The fourth-order valence-corrected chi connectivity index (χ4v) is 2.67. The van der Waals surface area contributed by atoms with Crippen molar-refractivity contribution in [2.45, 2.75) is 19.1 Å². The van der Waals surface area contributed by atoms with Crippen molar-refractivity contribution in [1.82, 2.24) is 10.6 Å². The summed E-state index contributed by atoms with van der Waals surface area (Å²) in [4.78, 5) is 11.7. The topological polar surface area (TPSA) is 61.4 Å². The van der Waals surface area contributed by atoms with Gasteiger partial charge in [0.05, 0.1) is 6.54 Å². The van der Waals surface area contributed by atoms with E-state index in [0.29, 0.717) is 11.1 Å². The van der Waals surface area contributed by atoms with Crippen LogP contribution in [0.15, 0.2) is 35.0 Å². The lowest BCUT2D eigenvalue weighted by Crippen LogP contribution is -2.43. The van der Waals surface area contributed by atoms with E-state index in [1.54, 1.807) is 18.4 Å². The second-order valence-electron chi connectivity index (χ2n) is 5.10. The molecular formula is C15H16F2N2O2S. The third-order valence-electron chi connectivity index (χ3n) is 3.11. The van der Waals surface area contributed by atoms with Gasteiger partial charge in [-0.3, -0.25) is 0 Å². The Morgan fingerprint density at radius 3 is 2.55 bits per heavy atom. The van der Waals surface area contributed by atoms with Gasteiger partial charge in [-0.1, -0.05) is 0 Å². The number of hydrogen-bond acceptors (Lipinski definition) is 3. The molecule has 0 bridgehead atoms. The van der Waals surface area contributed by atoms with Gasteiger partial charge in [0.15, 0.2) is 0 Å². The van der Waals surface area contributed by atoms with Crippen molar-refractivity contribution in [1.29, 1.82) is 0 Å². The molecule has 0 saturated carbocycles. The Morgan fingerprint density at radius 1 is 1.27 bits per heavy atom. The first-order chi connectivity index (χ1) is 10.4. The largest absolute Gasteiger partial charge is 0.384 e. The summed E-state index contributed by atoms with van der Waals surface area (Å²) in [6.07, 6.45) is 0. The van der Waals surface area contributed by atoms with Gasteiger partial charge in [0.25, 0.3) is 0 Å². The Balaban J connectivity index is 1.83. The van der Waals surface area contributed by atoms with Crippen LogP contribution in [0.25, 0.3) is 0 Å². The summed E-state index contributed by atoms with van der Waals surface area (Å²) in [5, 5.41) is 18.9. The summed E-state index contributed by atoms with van der Waals surface area (Å²) in [5.74, 6) is -1.39. The van der Waals surface area contributed by atoms with E-state index in [0.717, 1.165) is 18.2 Å². The normalized spacial score (nSPS) is 13.5. The molecule has 1 heterocycles. The van der Waals surface area contributed by atoms with Crippen LogP contribution in [0.2, 0.25) is 0 Å². The molecule has 1 aromatic carbocycles. The molecule has 22 heavy (non-hydrogen) atoms. The molecule has 2 aromatic rings. The molecule has 7 heteroatoms. The maximum absolute atomic E-state index is 13.0. The third-order valence-corrected chi connectivity index (χ3v) is 3.79. The predicted octanol–water partition coefficient (Wildman–Crippen LogP) is 2.73. The van der Waals surface area contributed by atoms with Gasteiger partial charge < -0.3 is 15.7 Å². The van der Waals surface area contributed by atoms with E-state index in [4.69, 9.17) is 0 Å². The van der Waals surface area contributed by atoms with E-state index >= 15 is 0 Å². The summed E-state index contributed by atoms with van der Waals surface area (Å²) < 4.78 is 26.0. The third kappa shape index (κ3) is 4.51. The van der Waals surface area contributed by atoms with Crippen LogP contribution in [0, 0.1) is 11.6 Å². The molecular weight excluding hydrogens is 310 g/mol. The molecule has 2 rings (SSSR count). The van der Waals surface area contributed by atoms with Crippen molar-refractivity contribution in [3.63, 3.8) is 0 Å². The highest BCUT2D eigenvalue weighted by atomic mass is 32.1. The average Bonchev–Trinajstić information content (AvgIpc) is 2.97. The average molecular weight is 326 g/mol. The van der Waals surface area contributed by atoms with Gasteiger partial charge in [-0.2, -0.15) is 11.3 Å². The van der Waals surface area contributed by atoms with E-state index in [1.807, 2.05) is 5.38 Å². The molecule has 0 spiro atoms. The summed E-state index contributed by atoms with van der Waals surface area (Å²) in [5.41, 5.74) is -0.148. The van der Waals surface area contributed by atoms with Crippen LogP contribution in [-0.4, -0.2) is 17.7 Å². The Kier molecular flexibility index (Phi) is 5.10. The smallest absolute Gasteiger partial charge is 0.315 e. The van der Waals surface area contributed by atoms with E-state index in [2.05, 4.69) is 10.6 Å². The second kappa shape index (κ2) is 6.85. The van der Waals surface area contributed by atoms with Gasteiger partial charge in [-0.25, -0.2) is 13.6 Å². The minimum absolute atomic E-state index is 0.0128. The number of urea groups is 1. The van der Waals surface area contributed by atoms with E-state index in [1.165, 1.54) is 11.3 Å². The molecule has 0 radical (unpaired) electrons. The van der Waals surface area contributed by atoms with E-state index in [-0.39, 0.29) is 13.1 Å². The maximum Gasteiger partial charge on any atom is 0.315 e. The molecule has 0 saturated heterocycles. The van der Waals surface area contributed by atoms with Gasteiger partial charge in [0.1, 0.15) is 17.2 Å². The number of amides is 2. The van der Waals surface area contributed by atoms with Gasteiger partial charge in [0, 0.05) is 12.6 Å². The molecule has 3 N–H and O–H groups in total.